The maximum atomic E-state index is 11.6. The van der Waals surface area contributed by atoms with Gasteiger partial charge in [0.25, 0.3) is 0 Å². The molecule has 4 heteroatoms. The molecule has 3 fully saturated rings. The monoisotopic (exact) mass is 227 g/mol. The fraction of sp³-hybridized carbons (Fsp3) is 0.917. The third-order valence-electron chi connectivity index (χ3n) is 3.65. The van der Waals surface area contributed by atoms with Crippen molar-refractivity contribution < 1.29 is 14.6 Å². The number of aliphatic hydroxyl groups is 1. The molecule has 0 aromatic carbocycles. The molecule has 2 bridgehead atoms. The normalized spacial score (nSPS) is 36.8. The number of rotatable bonds is 2. The predicted octanol–water partition coefficient (Wildman–Crippen LogP) is 1.67. The highest BCUT2D eigenvalue weighted by Gasteiger charge is 2.56. The summed E-state index contributed by atoms with van der Waals surface area (Å²) in [4.78, 5) is 11.6. The molecule has 0 aromatic heterocycles. The first kappa shape index (κ1) is 11.7. The lowest BCUT2D eigenvalue weighted by molar-refractivity contribution is 0.0466. The first-order valence-electron chi connectivity index (χ1n) is 5.94. The number of carbonyl (C=O) groups excluding carboxylic acids is 1. The van der Waals surface area contributed by atoms with Gasteiger partial charge in [0.15, 0.2) is 0 Å². The molecular weight excluding hydrogens is 206 g/mol. The van der Waals surface area contributed by atoms with E-state index in [4.69, 9.17) is 4.74 Å². The minimum Gasteiger partial charge on any atom is -0.444 e. The van der Waals surface area contributed by atoms with Crippen molar-refractivity contribution >= 4 is 6.09 Å². The zero-order chi connectivity index (χ0) is 12.0. The summed E-state index contributed by atoms with van der Waals surface area (Å²) in [5.41, 5.74) is -0.343. The first-order chi connectivity index (χ1) is 7.34. The first-order valence-corrected chi connectivity index (χ1v) is 5.94. The molecule has 3 rings (SSSR count). The van der Waals surface area contributed by atoms with Crippen LogP contribution in [0.25, 0.3) is 0 Å². The van der Waals surface area contributed by atoms with Gasteiger partial charge in [-0.1, -0.05) is 0 Å². The van der Waals surface area contributed by atoms with Gasteiger partial charge in [-0.25, -0.2) is 4.79 Å². The Kier molecular flexibility index (Phi) is 2.65. The maximum Gasteiger partial charge on any atom is 0.407 e. The zero-order valence-corrected chi connectivity index (χ0v) is 10.2. The Hall–Kier alpha value is -0.770. The van der Waals surface area contributed by atoms with Gasteiger partial charge in [0, 0.05) is 12.6 Å². The quantitative estimate of drug-likeness (QED) is 0.754. The van der Waals surface area contributed by atoms with E-state index in [1.165, 1.54) is 0 Å². The van der Waals surface area contributed by atoms with Crippen molar-refractivity contribution in [1.29, 1.82) is 0 Å². The van der Waals surface area contributed by atoms with Gasteiger partial charge in [0.2, 0.25) is 0 Å². The summed E-state index contributed by atoms with van der Waals surface area (Å²) in [5, 5.41) is 12.2. The van der Waals surface area contributed by atoms with E-state index < -0.39 is 5.60 Å². The van der Waals surface area contributed by atoms with Gasteiger partial charge >= 0.3 is 6.09 Å². The van der Waals surface area contributed by atoms with E-state index in [2.05, 4.69) is 5.32 Å². The third kappa shape index (κ3) is 2.17. The van der Waals surface area contributed by atoms with Crippen molar-refractivity contribution in [3.63, 3.8) is 0 Å². The van der Waals surface area contributed by atoms with Crippen LogP contribution in [-0.4, -0.2) is 29.4 Å². The molecular formula is C12H21NO3. The molecule has 0 saturated heterocycles. The molecule has 0 radical (unpaired) electrons. The molecule has 0 aromatic rings. The van der Waals surface area contributed by atoms with Crippen molar-refractivity contribution in [3.05, 3.63) is 0 Å². The number of fused-ring (bicyclic) bond motifs is 1. The van der Waals surface area contributed by atoms with Gasteiger partial charge < -0.3 is 15.2 Å². The van der Waals surface area contributed by atoms with E-state index in [1.54, 1.807) is 0 Å². The lowest BCUT2D eigenvalue weighted by Gasteiger charge is -2.36. The van der Waals surface area contributed by atoms with E-state index in [1.807, 2.05) is 20.8 Å². The van der Waals surface area contributed by atoms with E-state index >= 15 is 0 Å². The molecule has 16 heavy (non-hydrogen) atoms. The summed E-state index contributed by atoms with van der Waals surface area (Å²) in [6.07, 6.45) is 2.65. The summed E-state index contributed by atoms with van der Waals surface area (Å²) in [5.74, 6) is 0.541. The summed E-state index contributed by atoms with van der Waals surface area (Å²) in [6, 6.07) is 0.196. The summed E-state index contributed by atoms with van der Waals surface area (Å²) in [6.45, 7) is 5.82. The van der Waals surface area contributed by atoms with Crippen LogP contribution in [0, 0.1) is 11.3 Å². The number of aliphatic hydroxyl groups excluding tert-OH is 1. The third-order valence-corrected chi connectivity index (χ3v) is 3.65. The van der Waals surface area contributed by atoms with Crippen LogP contribution in [0.3, 0.4) is 0 Å². The standard InChI is InChI=1S/C12H21NO3/c1-11(2,3)16-10(15)13-9-6-12(7-14)4-8(9)5-12/h8-9,14H,4-7H2,1-3H3,(H,13,15)/t8?,9-,12?/m0/s1. The smallest absolute Gasteiger partial charge is 0.407 e. The van der Waals surface area contributed by atoms with E-state index in [0.29, 0.717) is 5.92 Å². The highest BCUT2D eigenvalue weighted by molar-refractivity contribution is 5.68. The second-order valence-electron chi connectivity index (χ2n) is 6.28. The number of alkyl carbamates (subject to hydrolysis) is 1. The minimum atomic E-state index is -0.444. The predicted molar refractivity (Wildman–Crippen MR) is 60.0 cm³/mol. The van der Waals surface area contributed by atoms with Crippen LogP contribution in [0.2, 0.25) is 0 Å². The second-order valence-corrected chi connectivity index (χ2v) is 6.28. The van der Waals surface area contributed by atoms with Gasteiger partial charge in [-0.3, -0.25) is 0 Å². The molecule has 2 N–H and O–H groups in total. The second kappa shape index (κ2) is 3.62. The lowest BCUT2D eigenvalue weighted by atomic mass is 9.70. The number of nitrogens with one attached hydrogen (secondary N) is 1. The Labute approximate surface area is 96.4 Å². The van der Waals surface area contributed by atoms with Crippen molar-refractivity contribution in [2.24, 2.45) is 11.3 Å². The Morgan fingerprint density at radius 3 is 2.50 bits per heavy atom. The largest absolute Gasteiger partial charge is 0.444 e. The minimum absolute atomic E-state index is 0.102. The van der Waals surface area contributed by atoms with Crippen molar-refractivity contribution in [2.45, 2.75) is 51.7 Å². The number of hydrogen-bond donors (Lipinski definition) is 2. The van der Waals surface area contributed by atoms with Crippen LogP contribution in [0.4, 0.5) is 4.79 Å². The van der Waals surface area contributed by atoms with E-state index in [-0.39, 0.29) is 24.2 Å². The van der Waals surface area contributed by atoms with E-state index in [9.17, 15) is 9.90 Å². The molecule has 3 aliphatic carbocycles. The molecule has 0 heterocycles. The van der Waals surface area contributed by atoms with Gasteiger partial charge in [-0.05, 0) is 51.4 Å². The van der Waals surface area contributed by atoms with Gasteiger partial charge in [0.05, 0.1) is 0 Å². The molecule has 0 spiro atoms. The Bertz CT molecular complexity index is 289. The summed E-state index contributed by atoms with van der Waals surface area (Å²) < 4.78 is 5.22. The average molecular weight is 227 g/mol. The molecule has 3 saturated carbocycles. The van der Waals surface area contributed by atoms with Crippen LogP contribution in [0.15, 0.2) is 0 Å². The SMILES string of the molecule is CC(C)(C)OC(=O)N[C@H]1CC2(CO)CC1C2. The number of carbonyl (C=O) groups is 1. The summed E-state index contributed by atoms with van der Waals surface area (Å²) >= 11 is 0. The van der Waals surface area contributed by atoms with Crippen molar-refractivity contribution in [3.8, 4) is 0 Å². The number of hydrogen-bond acceptors (Lipinski definition) is 3. The zero-order valence-electron chi connectivity index (χ0n) is 10.2. The Balaban J connectivity index is 1.82. The Morgan fingerprint density at radius 1 is 1.44 bits per heavy atom. The molecule has 0 unspecified atom stereocenters. The number of amides is 1. The highest BCUT2D eigenvalue weighted by Crippen LogP contribution is 2.58. The highest BCUT2D eigenvalue weighted by atomic mass is 16.6. The van der Waals surface area contributed by atoms with Gasteiger partial charge in [0.1, 0.15) is 5.60 Å². The average Bonchev–Trinajstić information content (AvgIpc) is 2.53. The fourth-order valence-electron chi connectivity index (χ4n) is 2.96. The van der Waals surface area contributed by atoms with Crippen molar-refractivity contribution in [1.82, 2.24) is 5.32 Å². The van der Waals surface area contributed by atoms with Gasteiger partial charge in [-0.15, -0.1) is 0 Å². The van der Waals surface area contributed by atoms with Crippen LogP contribution >= 0.6 is 0 Å². The topological polar surface area (TPSA) is 58.6 Å². The molecule has 92 valence electrons. The molecule has 0 aliphatic heterocycles. The van der Waals surface area contributed by atoms with Crippen LogP contribution in [0.5, 0.6) is 0 Å². The van der Waals surface area contributed by atoms with E-state index in [0.717, 1.165) is 19.3 Å². The maximum absolute atomic E-state index is 11.6. The molecule has 1 amide bonds. The molecule has 1 atom stereocenters. The van der Waals surface area contributed by atoms with Crippen LogP contribution < -0.4 is 5.32 Å². The summed E-state index contributed by atoms with van der Waals surface area (Å²) in [7, 11) is 0. The van der Waals surface area contributed by atoms with Crippen LogP contribution in [-0.2, 0) is 4.74 Å². The number of ether oxygens (including phenoxy) is 1. The van der Waals surface area contributed by atoms with Gasteiger partial charge in [-0.2, -0.15) is 0 Å². The molecule has 3 aliphatic rings. The lowest BCUT2D eigenvalue weighted by Crippen LogP contribution is -2.40. The Morgan fingerprint density at radius 2 is 2.06 bits per heavy atom. The molecule has 4 nitrogen and oxygen atoms in total. The van der Waals surface area contributed by atoms with Crippen LogP contribution in [0.1, 0.15) is 40.0 Å². The fourth-order valence-corrected chi connectivity index (χ4v) is 2.96. The van der Waals surface area contributed by atoms with Crippen molar-refractivity contribution in [2.75, 3.05) is 6.61 Å².